The van der Waals surface area contributed by atoms with Gasteiger partial charge in [0, 0.05) is 19.2 Å². The van der Waals surface area contributed by atoms with Gasteiger partial charge in [-0.05, 0) is 19.3 Å². The third kappa shape index (κ3) is 5.32. The summed E-state index contributed by atoms with van der Waals surface area (Å²) in [5, 5.41) is 5.66. The van der Waals surface area contributed by atoms with Crippen molar-refractivity contribution < 1.29 is 13.2 Å². The van der Waals surface area contributed by atoms with E-state index in [0.717, 1.165) is 6.42 Å². The molecule has 0 aliphatic rings. The summed E-state index contributed by atoms with van der Waals surface area (Å²) >= 11 is 0. The summed E-state index contributed by atoms with van der Waals surface area (Å²) in [6.45, 7) is 6.97. The average Bonchev–Trinajstić information content (AvgIpc) is 2.27. The van der Waals surface area contributed by atoms with E-state index in [9.17, 15) is 13.2 Å². The Labute approximate surface area is 110 Å². The Hall–Kier alpha value is -1.53. The Balaban J connectivity index is 2.87. The van der Waals surface area contributed by atoms with Crippen molar-refractivity contribution in [3.05, 3.63) is 11.9 Å². The molecule has 1 heterocycles. The van der Waals surface area contributed by atoms with Crippen molar-refractivity contribution in [3.8, 4) is 0 Å². The molecule has 0 aliphatic carbocycles. The number of hydrogen-bond donors (Lipinski definition) is 2. The van der Waals surface area contributed by atoms with Crippen molar-refractivity contribution in [1.29, 1.82) is 0 Å². The maximum atomic E-state index is 12.7. The Morgan fingerprint density at radius 1 is 1.16 bits per heavy atom. The zero-order chi connectivity index (χ0) is 14.5. The summed E-state index contributed by atoms with van der Waals surface area (Å²) in [7, 11) is 0. The SMILES string of the molecule is CCNc1cc(NCCC(C)C)nc(C(F)(F)F)n1. The van der Waals surface area contributed by atoms with Crippen LogP contribution >= 0.6 is 0 Å². The van der Waals surface area contributed by atoms with Crippen molar-refractivity contribution in [2.24, 2.45) is 5.92 Å². The van der Waals surface area contributed by atoms with Crippen LogP contribution < -0.4 is 10.6 Å². The molecule has 7 heteroatoms. The number of rotatable bonds is 6. The van der Waals surface area contributed by atoms with Crippen molar-refractivity contribution in [2.75, 3.05) is 23.7 Å². The van der Waals surface area contributed by atoms with Gasteiger partial charge in [0.25, 0.3) is 0 Å². The first-order chi connectivity index (χ1) is 8.82. The summed E-state index contributed by atoms with van der Waals surface area (Å²) < 4.78 is 38.0. The molecule has 1 aromatic rings. The second kappa shape index (κ2) is 6.58. The van der Waals surface area contributed by atoms with E-state index in [1.165, 1.54) is 6.07 Å². The van der Waals surface area contributed by atoms with Crippen LogP contribution in [0.15, 0.2) is 6.07 Å². The molecular weight excluding hydrogens is 257 g/mol. The van der Waals surface area contributed by atoms with Crippen molar-refractivity contribution in [2.45, 2.75) is 33.4 Å². The Kier molecular flexibility index (Phi) is 5.38. The average molecular weight is 276 g/mol. The van der Waals surface area contributed by atoms with Gasteiger partial charge in [0.15, 0.2) is 0 Å². The first-order valence-electron chi connectivity index (χ1n) is 6.27. The van der Waals surface area contributed by atoms with Gasteiger partial charge in [-0.3, -0.25) is 0 Å². The van der Waals surface area contributed by atoms with Crippen LogP contribution in [-0.2, 0) is 6.18 Å². The van der Waals surface area contributed by atoms with Gasteiger partial charge in [-0.2, -0.15) is 13.2 Å². The molecule has 1 rings (SSSR count). The van der Waals surface area contributed by atoms with Crippen LogP contribution in [0.1, 0.15) is 33.0 Å². The van der Waals surface area contributed by atoms with Crippen LogP contribution in [-0.4, -0.2) is 23.1 Å². The van der Waals surface area contributed by atoms with Gasteiger partial charge in [0.2, 0.25) is 5.82 Å². The number of aromatic nitrogens is 2. The smallest absolute Gasteiger partial charge is 0.370 e. The molecule has 0 saturated carbocycles. The fourth-order valence-electron chi connectivity index (χ4n) is 1.43. The van der Waals surface area contributed by atoms with E-state index in [-0.39, 0.29) is 11.6 Å². The van der Waals surface area contributed by atoms with Gasteiger partial charge in [0.05, 0.1) is 0 Å². The maximum absolute atomic E-state index is 12.7. The van der Waals surface area contributed by atoms with Crippen LogP contribution in [0.25, 0.3) is 0 Å². The Bertz CT molecular complexity index is 404. The second-order valence-corrected chi connectivity index (χ2v) is 4.60. The lowest BCUT2D eigenvalue weighted by Gasteiger charge is -2.12. The minimum atomic E-state index is -4.54. The molecule has 0 bridgehead atoms. The molecule has 0 radical (unpaired) electrons. The number of nitrogens with one attached hydrogen (secondary N) is 2. The summed E-state index contributed by atoms with van der Waals surface area (Å²) in [5.41, 5.74) is 0. The van der Waals surface area contributed by atoms with Crippen LogP contribution in [0.3, 0.4) is 0 Å². The summed E-state index contributed by atoms with van der Waals surface area (Å²) in [4.78, 5) is 6.95. The molecule has 0 unspecified atom stereocenters. The maximum Gasteiger partial charge on any atom is 0.451 e. The van der Waals surface area contributed by atoms with E-state index >= 15 is 0 Å². The first kappa shape index (κ1) is 15.5. The molecule has 4 nitrogen and oxygen atoms in total. The molecule has 0 aliphatic heterocycles. The fourth-order valence-corrected chi connectivity index (χ4v) is 1.43. The highest BCUT2D eigenvalue weighted by Gasteiger charge is 2.35. The number of alkyl halides is 3. The minimum Gasteiger partial charge on any atom is -0.370 e. The van der Waals surface area contributed by atoms with Crippen LogP contribution in [0.4, 0.5) is 24.8 Å². The van der Waals surface area contributed by atoms with E-state index in [1.54, 1.807) is 6.92 Å². The van der Waals surface area contributed by atoms with E-state index in [2.05, 4.69) is 20.6 Å². The number of halogens is 3. The van der Waals surface area contributed by atoms with Gasteiger partial charge >= 0.3 is 6.18 Å². The van der Waals surface area contributed by atoms with E-state index in [4.69, 9.17) is 0 Å². The fraction of sp³-hybridized carbons (Fsp3) is 0.667. The van der Waals surface area contributed by atoms with Crippen molar-refractivity contribution >= 4 is 11.6 Å². The minimum absolute atomic E-state index is 0.178. The van der Waals surface area contributed by atoms with Crippen LogP contribution in [0.2, 0.25) is 0 Å². The van der Waals surface area contributed by atoms with E-state index in [0.29, 0.717) is 19.0 Å². The molecule has 0 aromatic carbocycles. The predicted octanol–water partition coefficient (Wildman–Crippen LogP) is 3.39. The van der Waals surface area contributed by atoms with E-state index in [1.807, 2.05) is 13.8 Å². The highest BCUT2D eigenvalue weighted by molar-refractivity contribution is 5.47. The third-order valence-electron chi connectivity index (χ3n) is 2.37. The lowest BCUT2D eigenvalue weighted by molar-refractivity contribution is -0.144. The molecule has 1 aromatic heterocycles. The van der Waals surface area contributed by atoms with Gasteiger partial charge in [-0.1, -0.05) is 13.8 Å². The largest absolute Gasteiger partial charge is 0.451 e. The Morgan fingerprint density at radius 3 is 2.21 bits per heavy atom. The predicted molar refractivity (Wildman–Crippen MR) is 69.1 cm³/mol. The molecule has 108 valence electrons. The lowest BCUT2D eigenvalue weighted by atomic mass is 10.1. The van der Waals surface area contributed by atoms with Gasteiger partial charge in [-0.15, -0.1) is 0 Å². The normalized spacial score (nSPS) is 11.7. The summed E-state index contributed by atoms with van der Waals surface area (Å²) in [5.74, 6) is -0.279. The topological polar surface area (TPSA) is 49.8 Å². The zero-order valence-corrected chi connectivity index (χ0v) is 11.3. The molecule has 19 heavy (non-hydrogen) atoms. The molecule has 2 N–H and O–H groups in total. The number of nitrogens with zero attached hydrogens (tertiary/aromatic N) is 2. The highest BCUT2D eigenvalue weighted by Crippen LogP contribution is 2.28. The molecule has 0 amide bonds. The third-order valence-corrected chi connectivity index (χ3v) is 2.37. The van der Waals surface area contributed by atoms with Gasteiger partial charge in [0.1, 0.15) is 11.6 Å². The molecule has 0 atom stereocenters. The monoisotopic (exact) mass is 276 g/mol. The van der Waals surface area contributed by atoms with Crippen molar-refractivity contribution in [1.82, 2.24) is 9.97 Å². The quantitative estimate of drug-likeness (QED) is 0.836. The van der Waals surface area contributed by atoms with Crippen molar-refractivity contribution in [3.63, 3.8) is 0 Å². The number of anilines is 2. The highest BCUT2D eigenvalue weighted by atomic mass is 19.4. The zero-order valence-electron chi connectivity index (χ0n) is 11.3. The van der Waals surface area contributed by atoms with Crippen LogP contribution in [0.5, 0.6) is 0 Å². The van der Waals surface area contributed by atoms with Gasteiger partial charge in [-0.25, -0.2) is 9.97 Å². The molecule has 0 fully saturated rings. The second-order valence-electron chi connectivity index (χ2n) is 4.60. The molecular formula is C12H19F3N4. The summed E-state index contributed by atoms with van der Waals surface area (Å²) in [6, 6.07) is 1.49. The van der Waals surface area contributed by atoms with E-state index < -0.39 is 12.0 Å². The molecule has 0 spiro atoms. The van der Waals surface area contributed by atoms with Gasteiger partial charge < -0.3 is 10.6 Å². The summed E-state index contributed by atoms with van der Waals surface area (Å²) in [6.07, 6.45) is -3.68. The number of hydrogen-bond acceptors (Lipinski definition) is 4. The molecule has 0 saturated heterocycles. The standard InChI is InChI=1S/C12H19F3N4/c1-4-16-9-7-10(17-6-5-8(2)3)19-11(18-9)12(13,14)15/h7-8H,4-6H2,1-3H3,(H2,16,17,18,19). The lowest BCUT2D eigenvalue weighted by Crippen LogP contribution is -2.16. The Morgan fingerprint density at radius 2 is 1.74 bits per heavy atom. The van der Waals surface area contributed by atoms with Crippen LogP contribution in [0, 0.1) is 5.92 Å². The first-order valence-corrected chi connectivity index (χ1v) is 6.27.